The molecule has 1 aromatic carbocycles. The first kappa shape index (κ1) is 14.1. The van der Waals surface area contributed by atoms with Crippen LogP contribution in [-0.4, -0.2) is 5.60 Å². The molecular weight excluding hydrogens is 208 g/mol. The van der Waals surface area contributed by atoms with Crippen LogP contribution in [-0.2, 0) is 0 Å². The molecule has 0 bridgehead atoms. The number of aryl methyl sites for hydroxylation is 1. The molecule has 1 heteroatoms. The minimum absolute atomic E-state index is 0.109. The van der Waals surface area contributed by atoms with E-state index >= 15 is 0 Å². The van der Waals surface area contributed by atoms with Gasteiger partial charge in [-0.05, 0) is 57.4 Å². The lowest BCUT2D eigenvalue weighted by molar-refractivity contribution is 0.000209. The largest absolute Gasteiger partial charge is 0.487 e. The Morgan fingerprint density at radius 1 is 0.824 bits per heavy atom. The molecule has 1 aromatic rings. The summed E-state index contributed by atoms with van der Waals surface area (Å²) in [5.74, 6) is 1.01. The van der Waals surface area contributed by atoms with Gasteiger partial charge in [0.2, 0.25) is 0 Å². The highest BCUT2D eigenvalue weighted by Gasteiger charge is 2.35. The molecule has 1 rings (SSSR count). The van der Waals surface area contributed by atoms with Crippen molar-refractivity contribution in [1.29, 1.82) is 0 Å². The summed E-state index contributed by atoms with van der Waals surface area (Å²) < 4.78 is 6.23. The maximum Gasteiger partial charge on any atom is 0.123 e. The third kappa shape index (κ3) is 2.83. The highest BCUT2D eigenvalue weighted by atomic mass is 16.5. The van der Waals surface area contributed by atoms with Crippen LogP contribution in [0.2, 0.25) is 0 Å². The molecule has 0 heterocycles. The molecule has 0 aromatic heterocycles. The van der Waals surface area contributed by atoms with Crippen LogP contribution in [0, 0.1) is 26.2 Å². The fourth-order valence-corrected chi connectivity index (χ4v) is 1.47. The first-order valence-electron chi connectivity index (χ1n) is 6.32. The van der Waals surface area contributed by atoms with Crippen molar-refractivity contribution in [2.24, 2.45) is 5.41 Å². The van der Waals surface area contributed by atoms with Crippen molar-refractivity contribution in [2.75, 3.05) is 0 Å². The molecule has 0 fully saturated rings. The number of rotatable bonds is 2. The van der Waals surface area contributed by atoms with E-state index in [0.717, 1.165) is 5.75 Å². The van der Waals surface area contributed by atoms with Crippen LogP contribution in [0.4, 0.5) is 0 Å². The van der Waals surface area contributed by atoms with E-state index in [1.807, 2.05) is 0 Å². The molecular formula is C16H26O. The predicted octanol–water partition coefficient (Wildman–Crippen LogP) is 4.82. The van der Waals surface area contributed by atoms with E-state index in [2.05, 4.69) is 67.5 Å². The molecule has 0 N–H and O–H groups in total. The van der Waals surface area contributed by atoms with Crippen molar-refractivity contribution < 1.29 is 4.74 Å². The lowest BCUT2D eigenvalue weighted by Crippen LogP contribution is -2.42. The van der Waals surface area contributed by atoms with Crippen LogP contribution >= 0.6 is 0 Å². The van der Waals surface area contributed by atoms with Gasteiger partial charge in [-0.25, -0.2) is 0 Å². The van der Waals surface area contributed by atoms with Gasteiger partial charge in [-0.3, -0.25) is 0 Å². The van der Waals surface area contributed by atoms with E-state index in [9.17, 15) is 0 Å². The molecule has 0 spiro atoms. The lowest BCUT2D eigenvalue weighted by atomic mass is 9.79. The Morgan fingerprint density at radius 2 is 1.35 bits per heavy atom. The molecule has 0 amide bonds. The Balaban J connectivity index is 3.09. The third-order valence-corrected chi connectivity index (χ3v) is 4.18. The fourth-order valence-electron chi connectivity index (χ4n) is 1.47. The number of hydrogen-bond donors (Lipinski definition) is 0. The Morgan fingerprint density at radius 3 is 1.82 bits per heavy atom. The first-order valence-corrected chi connectivity index (χ1v) is 6.32. The quantitative estimate of drug-likeness (QED) is 0.713. The van der Waals surface area contributed by atoms with Gasteiger partial charge in [-0.2, -0.15) is 0 Å². The zero-order valence-electron chi connectivity index (χ0n) is 12.6. The second-order valence-corrected chi connectivity index (χ2v) is 6.49. The molecule has 0 atom stereocenters. The highest BCUT2D eigenvalue weighted by molar-refractivity contribution is 5.43. The average molecular weight is 234 g/mol. The Kier molecular flexibility index (Phi) is 3.61. The predicted molar refractivity (Wildman–Crippen MR) is 74.8 cm³/mol. The SMILES string of the molecule is Cc1ccc(OC(C)(C)C(C)(C)C)c(C)c1C. The molecule has 0 aliphatic carbocycles. The number of benzene rings is 1. The van der Waals surface area contributed by atoms with Crippen molar-refractivity contribution in [2.45, 2.75) is 61.0 Å². The second-order valence-electron chi connectivity index (χ2n) is 6.49. The van der Waals surface area contributed by atoms with E-state index in [1.165, 1.54) is 16.7 Å². The van der Waals surface area contributed by atoms with E-state index in [-0.39, 0.29) is 11.0 Å². The summed E-state index contributed by atoms with van der Waals surface area (Å²) in [6, 6.07) is 4.22. The summed E-state index contributed by atoms with van der Waals surface area (Å²) in [5, 5.41) is 0. The highest BCUT2D eigenvalue weighted by Crippen LogP contribution is 2.36. The molecule has 0 saturated carbocycles. The fraction of sp³-hybridized carbons (Fsp3) is 0.625. The van der Waals surface area contributed by atoms with Gasteiger partial charge < -0.3 is 4.74 Å². The van der Waals surface area contributed by atoms with Gasteiger partial charge in [-0.1, -0.05) is 26.8 Å². The first-order chi connectivity index (χ1) is 7.56. The van der Waals surface area contributed by atoms with Crippen molar-refractivity contribution in [1.82, 2.24) is 0 Å². The standard InChI is InChI=1S/C16H26O/c1-11-9-10-14(13(3)12(11)2)17-16(7,8)15(4,5)6/h9-10H,1-8H3. The summed E-state index contributed by atoms with van der Waals surface area (Å²) in [7, 11) is 0. The van der Waals surface area contributed by atoms with Crippen LogP contribution in [0.3, 0.4) is 0 Å². The van der Waals surface area contributed by atoms with Gasteiger partial charge in [0.05, 0.1) is 0 Å². The maximum absolute atomic E-state index is 6.23. The minimum atomic E-state index is -0.181. The third-order valence-electron chi connectivity index (χ3n) is 4.18. The van der Waals surface area contributed by atoms with Crippen LogP contribution in [0.15, 0.2) is 12.1 Å². The summed E-state index contributed by atoms with van der Waals surface area (Å²) in [4.78, 5) is 0. The lowest BCUT2D eigenvalue weighted by Gasteiger charge is -2.39. The van der Waals surface area contributed by atoms with Gasteiger partial charge >= 0.3 is 0 Å². The van der Waals surface area contributed by atoms with E-state index < -0.39 is 0 Å². The van der Waals surface area contributed by atoms with E-state index in [4.69, 9.17) is 4.74 Å². The zero-order valence-corrected chi connectivity index (χ0v) is 12.6. The molecule has 0 radical (unpaired) electrons. The molecule has 17 heavy (non-hydrogen) atoms. The Hall–Kier alpha value is -0.980. The normalized spacial score (nSPS) is 12.7. The zero-order chi connectivity index (χ0) is 13.4. The second kappa shape index (κ2) is 4.36. The smallest absolute Gasteiger partial charge is 0.123 e. The Bertz CT molecular complexity index is 408. The van der Waals surface area contributed by atoms with Crippen LogP contribution in [0.1, 0.15) is 51.3 Å². The summed E-state index contributed by atoms with van der Waals surface area (Å²) in [6.07, 6.45) is 0. The minimum Gasteiger partial charge on any atom is -0.487 e. The van der Waals surface area contributed by atoms with Gasteiger partial charge in [0.1, 0.15) is 11.4 Å². The van der Waals surface area contributed by atoms with Crippen molar-refractivity contribution in [3.05, 3.63) is 28.8 Å². The number of hydrogen-bond acceptors (Lipinski definition) is 1. The van der Waals surface area contributed by atoms with Gasteiger partial charge in [0.15, 0.2) is 0 Å². The van der Waals surface area contributed by atoms with E-state index in [1.54, 1.807) is 0 Å². The summed E-state index contributed by atoms with van der Waals surface area (Å²) >= 11 is 0. The molecule has 96 valence electrons. The topological polar surface area (TPSA) is 9.23 Å². The van der Waals surface area contributed by atoms with Crippen molar-refractivity contribution >= 4 is 0 Å². The van der Waals surface area contributed by atoms with Crippen molar-refractivity contribution in [3.8, 4) is 5.75 Å². The Labute approximate surface area is 106 Å². The molecule has 0 aliphatic heterocycles. The molecule has 0 saturated heterocycles. The summed E-state index contributed by atoms with van der Waals surface area (Å²) in [5.41, 5.74) is 3.83. The van der Waals surface area contributed by atoms with Crippen LogP contribution in [0.5, 0.6) is 5.75 Å². The summed E-state index contributed by atoms with van der Waals surface area (Å²) in [6.45, 7) is 17.4. The average Bonchev–Trinajstić information content (AvgIpc) is 2.17. The van der Waals surface area contributed by atoms with Crippen molar-refractivity contribution in [3.63, 3.8) is 0 Å². The van der Waals surface area contributed by atoms with Gasteiger partial charge in [0, 0.05) is 5.41 Å². The maximum atomic E-state index is 6.23. The van der Waals surface area contributed by atoms with Gasteiger partial charge in [-0.15, -0.1) is 0 Å². The number of ether oxygens (including phenoxy) is 1. The molecule has 0 unspecified atom stereocenters. The van der Waals surface area contributed by atoms with Gasteiger partial charge in [0.25, 0.3) is 0 Å². The van der Waals surface area contributed by atoms with Crippen LogP contribution < -0.4 is 4.74 Å². The van der Waals surface area contributed by atoms with E-state index in [0.29, 0.717) is 0 Å². The monoisotopic (exact) mass is 234 g/mol. The molecule has 1 nitrogen and oxygen atoms in total. The van der Waals surface area contributed by atoms with Crippen LogP contribution in [0.25, 0.3) is 0 Å². The molecule has 0 aliphatic rings.